The molecular weight excluding hydrogens is 280 g/mol. The molecule has 6 heteroatoms. The first-order valence-corrected chi connectivity index (χ1v) is 8.00. The monoisotopic (exact) mass is 300 g/mol. The number of fused-ring (bicyclic) bond motifs is 1. The third-order valence-corrected chi connectivity index (χ3v) is 4.74. The number of hydrogen-bond acceptors (Lipinski definition) is 4. The normalized spacial score (nSPS) is 21.1. The van der Waals surface area contributed by atoms with E-state index in [1.807, 2.05) is 18.0 Å². The molecule has 116 valence electrons. The zero-order chi connectivity index (χ0) is 15.1. The lowest BCUT2D eigenvalue weighted by molar-refractivity contribution is 0.0779. The second-order valence-corrected chi connectivity index (χ2v) is 6.33. The summed E-state index contributed by atoms with van der Waals surface area (Å²) in [4.78, 5) is 22.3. The molecule has 0 bridgehead atoms. The van der Waals surface area contributed by atoms with Gasteiger partial charge in [0.2, 0.25) is 0 Å². The Kier molecular flexibility index (Phi) is 3.24. The summed E-state index contributed by atoms with van der Waals surface area (Å²) >= 11 is 0. The van der Waals surface area contributed by atoms with Crippen LogP contribution in [0.15, 0.2) is 10.7 Å². The van der Waals surface area contributed by atoms with Crippen LogP contribution in [0.5, 0.6) is 0 Å². The number of H-pyrrole nitrogens is 1. The smallest absolute Gasteiger partial charge is 0.276 e. The van der Waals surface area contributed by atoms with Crippen molar-refractivity contribution in [3.63, 3.8) is 0 Å². The van der Waals surface area contributed by atoms with E-state index >= 15 is 0 Å². The minimum Gasteiger partial charge on any atom is -0.360 e. The van der Waals surface area contributed by atoms with Crippen molar-refractivity contribution in [2.45, 2.75) is 44.9 Å². The van der Waals surface area contributed by atoms with Crippen LogP contribution in [-0.2, 0) is 12.8 Å². The summed E-state index contributed by atoms with van der Waals surface area (Å²) in [6.07, 6.45) is 6.84. The van der Waals surface area contributed by atoms with Crippen molar-refractivity contribution in [3.05, 3.63) is 34.7 Å². The summed E-state index contributed by atoms with van der Waals surface area (Å²) in [7, 11) is 0. The largest absolute Gasteiger partial charge is 0.360 e. The van der Waals surface area contributed by atoms with Crippen LogP contribution in [0, 0.1) is 6.92 Å². The number of imidazole rings is 1. The topological polar surface area (TPSA) is 75.0 Å². The van der Waals surface area contributed by atoms with Crippen LogP contribution in [0.1, 0.15) is 58.5 Å². The third-order valence-electron chi connectivity index (χ3n) is 4.74. The van der Waals surface area contributed by atoms with Gasteiger partial charge < -0.3 is 14.4 Å². The number of hydrogen-bond donors (Lipinski definition) is 1. The number of carbonyl (C=O) groups is 1. The standard InChI is InChI=1S/C16H20N4O2/c1-10-8-17-15(18-10)11-6-7-20(9-11)16(21)14-12-4-2-3-5-13(12)22-19-14/h8,11H,2-7,9H2,1H3,(H,17,18)/t11-/m0/s1. The summed E-state index contributed by atoms with van der Waals surface area (Å²) in [5.41, 5.74) is 2.63. The molecule has 2 aliphatic rings. The number of aromatic amines is 1. The molecule has 0 saturated carbocycles. The lowest BCUT2D eigenvalue weighted by Gasteiger charge is -2.16. The number of rotatable bonds is 2. The van der Waals surface area contributed by atoms with Gasteiger partial charge in [0.15, 0.2) is 5.69 Å². The predicted octanol–water partition coefficient (Wildman–Crippen LogP) is 2.21. The highest BCUT2D eigenvalue weighted by molar-refractivity contribution is 5.94. The third kappa shape index (κ3) is 2.23. The van der Waals surface area contributed by atoms with Gasteiger partial charge in [-0.3, -0.25) is 4.79 Å². The molecule has 0 radical (unpaired) electrons. The van der Waals surface area contributed by atoms with Crippen LogP contribution >= 0.6 is 0 Å². The molecule has 1 saturated heterocycles. The highest BCUT2D eigenvalue weighted by atomic mass is 16.5. The molecule has 1 fully saturated rings. The van der Waals surface area contributed by atoms with E-state index in [9.17, 15) is 4.79 Å². The van der Waals surface area contributed by atoms with Gasteiger partial charge in [-0.2, -0.15) is 0 Å². The molecule has 0 unspecified atom stereocenters. The number of aryl methyl sites for hydroxylation is 2. The molecule has 4 rings (SSSR count). The van der Waals surface area contributed by atoms with Crippen molar-refractivity contribution >= 4 is 5.91 Å². The number of carbonyl (C=O) groups excluding carboxylic acids is 1. The van der Waals surface area contributed by atoms with Gasteiger partial charge in [-0.25, -0.2) is 4.98 Å². The van der Waals surface area contributed by atoms with Gasteiger partial charge in [0, 0.05) is 42.9 Å². The number of likely N-dealkylation sites (tertiary alicyclic amines) is 1. The molecule has 1 aliphatic heterocycles. The van der Waals surface area contributed by atoms with Gasteiger partial charge in [0.05, 0.1) is 0 Å². The molecule has 1 amide bonds. The number of nitrogens with one attached hydrogen (secondary N) is 1. The van der Waals surface area contributed by atoms with E-state index in [1.54, 1.807) is 0 Å². The maximum Gasteiger partial charge on any atom is 0.276 e. The fourth-order valence-electron chi connectivity index (χ4n) is 3.51. The Bertz CT molecular complexity index is 703. The summed E-state index contributed by atoms with van der Waals surface area (Å²) in [5, 5.41) is 4.05. The number of aromatic nitrogens is 3. The van der Waals surface area contributed by atoms with E-state index in [1.165, 1.54) is 0 Å². The Morgan fingerprint density at radius 3 is 3.09 bits per heavy atom. The van der Waals surface area contributed by atoms with Crippen molar-refractivity contribution in [1.29, 1.82) is 0 Å². The van der Waals surface area contributed by atoms with Crippen molar-refractivity contribution in [1.82, 2.24) is 20.0 Å². The van der Waals surface area contributed by atoms with Crippen molar-refractivity contribution < 1.29 is 9.32 Å². The molecule has 0 aromatic carbocycles. The van der Waals surface area contributed by atoms with Crippen LogP contribution in [0.3, 0.4) is 0 Å². The van der Waals surface area contributed by atoms with Gasteiger partial charge in [-0.05, 0) is 32.6 Å². The maximum absolute atomic E-state index is 12.7. The van der Waals surface area contributed by atoms with Gasteiger partial charge in [-0.15, -0.1) is 0 Å². The molecular formula is C16H20N4O2. The summed E-state index contributed by atoms with van der Waals surface area (Å²) in [6, 6.07) is 0. The van der Waals surface area contributed by atoms with Crippen molar-refractivity contribution in [2.75, 3.05) is 13.1 Å². The summed E-state index contributed by atoms with van der Waals surface area (Å²) in [5.74, 6) is 2.19. The number of nitrogens with zero attached hydrogens (tertiary/aromatic N) is 3. The van der Waals surface area contributed by atoms with E-state index in [4.69, 9.17) is 4.52 Å². The van der Waals surface area contributed by atoms with Crippen LogP contribution in [0.2, 0.25) is 0 Å². The Morgan fingerprint density at radius 1 is 1.41 bits per heavy atom. The van der Waals surface area contributed by atoms with Gasteiger partial charge in [0.25, 0.3) is 5.91 Å². The molecule has 1 aliphatic carbocycles. The van der Waals surface area contributed by atoms with Gasteiger partial charge >= 0.3 is 0 Å². The SMILES string of the molecule is Cc1cnc([C@H]2CCN(C(=O)c3noc4c3CCCC4)C2)[nH]1. The van der Waals surface area contributed by atoms with E-state index in [0.29, 0.717) is 18.2 Å². The quantitative estimate of drug-likeness (QED) is 0.922. The van der Waals surface area contributed by atoms with Crippen molar-refractivity contribution in [2.24, 2.45) is 0 Å². The minimum absolute atomic E-state index is 0.0117. The van der Waals surface area contributed by atoms with Crippen LogP contribution < -0.4 is 0 Å². The molecule has 6 nitrogen and oxygen atoms in total. The van der Waals surface area contributed by atoms with Crippen LogP contribution in [0.4, 0.5) is 0 Å². The van der Waals surface area contributed by atoms with E-state index in [0.717, 1.165) is 61.5 Å². The second kappa shape index (κ2) is 5.26. The highest BCUT2D eigenvalue weighted by Gasteiger charge is 2.33. The van der Waals surface area contributed by atoms with Crippen LogP contribution in [-0.4, -0.2) is 39.0 Å². The molecule has 3 heterocycles. The Morgan fingerprint density at radius 2 is 2.27 bits per heavy atom. The van der Waals surface area contributed by atoms with E-state index in [2.05, 4.69) is 15.1 Å². The lowest BCUT2D eigenvalue weighted by atomic mass is 9.96. The molecule has 22 heavy (non-hydrogen) atoms. The first-order chi connectivity index (χ1) is 10.7. The molecule has 2 aromatic rings. The zero-order valence-corrected chi connectivity index (χ0v) is 12.8. The van der Waals surface area contributed by atoms with Crippen LogP contribution in [0.25, 0.3) is 0 Å². The first-order valence-electron chi connectivity index (χ1n) is 8.00. The molecule has 1 N–H and O–H groups in total. The lowest BCUT2D eigenvalue weighted by Crippen LogP contribution is -2.29. The molecule has 1 atom stereocenters. The summed E-state index contributed by atoms with van der Waals surface area (Å²) in [6.45, 7) is 3.45. The number of amides is 1. The second-order valence-electron chi connectivity index (χ2n) is 6.33. The average molecular weight is 300 g/mol. The fourth-order valence-corrected chi connectivity index (χ4v) is 3.51. The Labute approximate surface area is 128 Å². The van der Waals surface area contributed by atoms with E-state index in [-0.39, 0.29) is 5.91 Å². The Hall–Kier alpha value is -2.11. The average Bonchev–Trinajstić information content (AvgIpc) is 3.25. The fraction of sp³-hybridized carbons (Fsp3) is 0.562. The Balaban J connectivity index is 1.51. The minimum atomic E-state index is 0.0117. The molecule has 0 spiro atoms. The highest BCUT2D eigenvalue weighted by Crippen LogP contribution is 2.29. The molecule has 2 aromatic heterocycles. The van der Waals surface area contributed by atoms with Crippen molar-refractivity contribution in [3.8, 4) is 0 Å². The van der Waals surface area contributed by atoms with Gasteiger partial charge in [0.1, 0.15) is 11.6 Å². The summed E-state index contributed by atoms with van der Waals surface area (Å²) < 4.78 is 5.37. The zero-order valence-electron chi connectivity index (χ0n) is 12.8. The maximum atomic E-state index is 12.7. The van der Waals surface area contributed by atoms with Gasteiger partial charge in [-0.1, -0.05) is 5.16 Å². The first kappa shape index (κ1) is 13.5. The predicted molar refractivity (Wildman–Crippen MR) is 79.7 cm³/mol. The van der Waals surface area contributed by atoms with E-state index < -0.39 is 0 Å².